The first-order valence-corrected chi connectivity index (χ1v) is 10.3. The minimum Gasteiger partial charge on any atom is -0.481 e. The fourth-order valence-electron chi connectivity index (χ4n) is 3.72. The van der Waals surface area contributed by atoms with Crippen LogP contribution in [-0.2, 0) is 13.1 Å². The number of pyridine rings is 1. The number of halogens is 1. The van der Waals surface area contributed by atoms with Gasteiger partial charge in [-0.25, -0.2) is 4.98 Å². The highest BCUT2D eigenvalue weighted by Gasteiger charge is 2.25. The van der Waals surface area contributed by atoms with Crippen molar-refractivity contribution in [3.63, 3.8) is 0 Å². The second-order valence-electron chi connectivity index (χ2n) is 7.32. The number of ether oxygens (including phenoxy) is 1. The topological polar surface area (TPSA) is 95.0 Å². The number of aromatic nitrogens is 6. The van der Waals surface area contributed by atoms with E-state index in [1.165, 1.54) is 0 Å². The standard InChI is InChI=1S/C21H20ClN7O2/c1-13-9-15(11-18(23-13)30-2)19-25-26-21-28(7-4-8-29(19)21)12-17-24-20(31-27-17)14-5-3-6-16(22)10-14/h3,5-6,9-11H,4,7-8,12H2,1-2H3. The number of benzene rings is 1. The molecule has 0 unspecified atom stereocenters. The number of aryl methyl sites for hydroxylation is 1. The van der Waals surface area contributed by atoms with E-state index in [4.69, 9.17) is 20.9 Å². The summed E-state index contributed by atoms with van der Waals surface area (Å²) in [5, 5.41) is 13.7. The van der Waals surface area contributed by atoms with Gasteiger partial charge in [-0.05, 0) is 37.6 Å². The molecule has 0 saturated carbocycles. The third kappa shape index (κ3) is 3.84. The lowest BCUT2D eigenvalue weighted by Gasteiger charge is -2.27. The van der Waals surface area contributed by atoms with Crippen LogP contribution in [0.3, 0.4) is 0 Å². The molecule has 0 bridgehead atoms. The van der Waals surface area contributed by atoms with Crippen molar-refractivity contribution in [1.82, 2.24) is 29.9 Å². The SMILES string of the molecule is COc1cc(-c2nnc3n2CCCN3Cc2noc(-c3cccc(Cl)c3)n2)cc(C)n1. The molecule has 31 heavy (non-hydrogen) atoms. The molecule has 1 aliphatic heterocycles. The van der Waals surface area contributed by atoms with E-state index in [1.807, 2.05) is 31.2 Å². The van der Waals surface area contributed by atoms with Crippen LogP contribution in [0, 0.1) is 6.92 Å². The number of hydrogen-bond acceptors (Lipinski definition) is 8. The van der Waals surface area contributed by atoms with Gasteiger partial charge in [0.2, 0.25) is 11.8 Å². The van der Waals surface area contributed by atoms with Crippen molar-refractivity contribution in [2.24, 2.45) is 0 Å². The second-order valence-corrected chi connectivity index (χ2v) is 7.75. The molecule has 3 aromatic heterocycles. The Morgan fingerprint density at radius 2 is 2.00 bits per heavy atom. The molecular formula is C21H20ClN7O2. The monoisotopic (exact) mass is 437 g/mol. The van der Waals surface area contributed by atoms with Gasteiger partial charge >= 0.3 is 0 Å². The Hall–Kier alpha value is -3.46. The molecule has 0 N–H and O–H groups in total. The molecule has 158 valence electrons. The van der Waals surface area contributed by atoms with Crippen LogP contribution in [0.4, 0.5) is 5.95 Å². The van der Waals surface area contributed by atoms with Gasteiger partial charge in [-0.3, -0.25) is 4.57 Å². The zero-order valence-corrected chi connectivity index (χ0v) is 17.9. The first kappa shape index (κ1) is 19.5. The predicted molar refractivity (Wildman–Crippen MR) is 115 cm³/mol. The van der Waals surface area contributed by atoms with Gasteiger partial charge in [0.25, 0.3) is 5.89 Å². The second kappa shape index (κ2) is 7.99. The van der Waals surface area contributed by atoms with Crippen molar-refractivity contribution >= 4 is 17.5 Å². The van der Waals surface area contributed by atoms with Gasteiger partial charge in [-0.2, -0.15) is 4.98 Å². The highest BCUT2D eigenvalue weighted by molar-refractivity contribution is 6.30. The average molecular weight is 438 g/mol. The van der Waals surface area contributed by atoms with Crippen molar-refractivity contribution in [2.75, 3.05) is 18.6 Å². The zero-order valence-electron chi connectivity index (χ0n) is 17.1. The molecule has 0 aliphatic carbocycles. The van der Waals surface area contributed by atoms with Gasteiger partial charge in [-0.1, -0.05) is 22.8 Å². The first-order chi connectivity index (χ1) is 15.1. The summed E-state index contributed by atoms with van der Waals surface area (Å²) in [6.45, 7) is 4.07. The Balaban J connectivity index is 1.41. The lowest BCUT2D eigenvalue weighted by molar-refractivity contribution is 0.397. The lowest BCUT2D eigenvalue weighted by Crippen LogP contribution is -2.32. The van der Waals surface area contributed by atoms with E-state index in [2.05, 4.69) is 34.8 Å². The molecule has 10 heteroatoms. The quantitative estimate of drug-likeness (QED) is 0.465. The minimum absolute atomic E-state index is 0.441. The average Bonchev–Trinajstić information content (AvgIpc) is 3.41. The van der Waals surface area contributed by atoms with E-state index < -0.39 is 0 Å². The van der Waals surface area contributed by atoms with Gasteiger partial charge in [0.15, 0.2) is 11.6 Å². The molecule has 0 saturated heterocycles. The van der Waals surface area contributed by atoms with Gasteiger partial charge in [0.1, 0.15) is 0 Å². The molecule has 4 aromatic rings. The fourth-order valence-corrected chi connectivity index (χ4v) is 3.91. The van der Waals surface area contributed by atoms with Crippen molar-refractivity contribution < 1.29 is 9.26 Å². The molecule has 4 heterocycles. The summed E-state index contributed by atoms with van der Waals surface area (Å²) in [4.78, 5) is 11.0. The minimum atomic E-state index is 0.441. The molecule has 0 radical (unpaired) electrons. The van der Waals surface area contributed by atoms with Crippen LogP contribution in [-0.4, -0.2) is 43.5 Å². The van der Waals surface area contributed by atoms with Crippen LogP contribution in [0.5, 0.6) is 5.88 Å². The maximum absolute atomic E-state index is 6.07. The van der Waals surface area contributed by atoms with E-state index in [9.17, 15) is 0 Å². The Morgan fingerprint density at radius 3 is 2.84 bits per heavy atom. The highest BCUT2D eigenvalue weighted by Crippen LogP contribution is 2.29. The smallest absolute Gasteiger partial charge is 0.258 e. The predicted octanol–water partition coefficient (Wildman–Crippen LogP) is 3.77. The first-order valence-electron chi connectivity index (χ1n) is 9.90. The van der Waals surface area contributed by atoms with Crippen molar-refractivity contribution in [3.8, 4) is 28.7 Å². The van der Waals surface area contributed by atoms with Gasteiger partial charge in [0, 0.05) is 41.0 Å². The Labute approximate surface area is 183 Å². The summed E-state index contributed by atoms with van der Waals surface area (Å²) in [5.74, 6) is 3.14. The van der Waals surface area contributed by atoms with Gasteiger partial charge in [0.05, 0.1) is 13.7 Å². The van der Waals surface area contributed by atoms with Crippen LogP contribution in [0.2, 0.25) is 5.02 Å². The number of fused-ring (bicyclic) bond motifs is 1. The van der Waals surface area contributed by atoms with Gasteiger partial charge in [-0.15, -0.1) is 10.2 Å². The summed E-state index contributed by atoms with van der Waals surface area (Å²) in [6, 6.07) is 11.2. The molecular weight excluding hydrogens is 418 g/mol. The molecule has 9 nitrogen and oxygen atoms in total. The fraction of sp³-hybridized carbons (Fsp3) is 0.286. The Morgan fingerprint density at radius 1 is 1.10 bits per heavy atom. The van der Waals surface area contributed by atoms with Crippen molar-refractivity contribution in [1.29, 1.82) is 0 Å². The lowest BCUT2D eigenvalue weighted by atomic mass is 10.2. The molecule has 5 rings (SSSR count). The Kier molecular flexibility index (Phi) is 5.03. The molecule has 1 aliphatic rings. The molecule has 1 aromatic carbocycles. The number of anilines is 1. The number of rotatable bonds is 5. The molecule has 0 amide bonds. The number of methoxy groups -OCH3 is 1. The maximum atomic E-state index is 6.07. The van der Waals surface area contributed by atoms with E-state index in [1.54, 1.807) is 19.2 Å². The summed E-state index contributed by atoms with van der Waals surface area (Å²) >= 11 is 6.07. The van der Waals surface area contributed by atoms with Crippen LogP contribution in [0.15, 0.2) is 40.9 Å². The zero-order chi connectivity index (χ0) is 21.4. The summed E-state index contributed by atoms with van der Waals surface area (Å²) in [6.07, 6.45) is 0.957. The number of nitrogens with zero attached hydrogens (tertiary/aromatic N) is 7. The molecule has 0 spiro atoms. The van der Waals surface area contributed by atoms with Gasteiger partial charge < -0.3 is 14.2 Å². The molecule has 0 fully saturated rings. The molecule has 0 atom stereocenters. The Bertz CT molecular complexity index is 1240. The summed E-state index contributed by atoms with van der Waals surface area (Å²) in [7, 11) is 1.61. The van der Waals surface area contributed by atoms with E-state index in [0.717, 1.165) is 48.1 Å². The largest absolute Gasteiger partial charge is 0.481 e. The van der Waals surface area contributed by atoms with Crippen LogP contribution in [0.25, 0.3) is 22.8 Å². The maximum Gasteiger partial charge on any atom is 0.258 e. The van der Waals surface area contributed by atoms with Crippen LogP contribution >= 0.6 is 11.6 Å². The summed E-state index contributed by atoms with van der Waals surface area (Å²) in [5.41, 5.74) is 2.57. The third-order valence-electron chi connectivity index (χ3n) is 5.09. The van der Waals surface area contributed by atoms with E-state index >= 15 is 0 Å². The van der Waals surface area contributed by atoms with Crippen molar-refractivity contribution in [3.05, 3.63) is 52.9 Å². The van der Waals surface area contributed by atoms with E-state index in [0.29, 0.717) is 29.2 Å². The van der Waals surface area contributed by atoms with Crippen LogP contribution < -0.4 is 9.64 Å². The van der Waals surface area contributed by atoms with Crippen molar-refractivity contribution in [2.45, 2.75) is 26.4 Å². The third-order valence-corrected chi connectivity index (χ3v) is 5.33. The normalized spacial score (nSPS) is 13.3. The summed E-state index contributed by atoms with van der Waals surface area (Å²) < 4.78 is 12.9. The van der Waals surface area contributed by atoms with E-state index in [-0.39, 0.29) is 0 Å². The van der Waals surface area contributed by atoms with Crippen LogP contribution in [0.1, 0.15) is 17.9 Å². The highest BCUT2D eigenvalue weighted by atomic mass is 35.5. The number of hydrogen-bond donors (Lipinski definition) is 0.